The van der Waals surface area contributed by atoms with Crippen LogP contribution in [0, 0.1) is 44.9 Å². The molecule has 112 valence electrons. The van der Waals surface area contributed by atoms with Gasteiger partial charge in [-0.2, -0.15) is 0 Å². The van der Waals surface area contributed by atoms with E-state index in [0.29, 0.717) is 0 Å². The molecule has 0 N–H and O–H groups in total. The first-order valence-electron chi connectivity index (χ1n) is 7.65. The third-order valence-electron chi connectivity index (χ3n) is 3.97. The number of nitriles is 4. The van der Waals surface area contributed by atoms with E-state index in [0.717, 1.165) is 0 Å². The number of nitrogens with zero attached hydrogens (tertiary/aromatic N) is 5. The van der Waals surface area contributed by atoms with Gasteiger partial charge in [-0.25, -0.2) is 21.0 Å². The molecule has 0 amide bonds. The highest BCUT2D eigenvalue weighted by Gasteiger charge is 2.25. The highest BCUT2D eigenvalue weighted by molar-refractivity contribution is 7.05. The summed E-state index contributed by atoms with van der Waals surface area (Å²) in [5, 5.41) is 32.3. The van der Waals surface area contributed by atoms with E-state index in [1.54, 1.807) is 0 Å². The summed E-state index contributed by atoms with van der Waals surface area (Å²) in [5.41, 5.74) is 0. The third kappa shape index (κ3) is 6.81. The van der Waals surface area contributed by atoms with Crippen LogP contribution in [0.5, 0.6) is 0 Å². The van der Waals surface area contributed by atoms with Gasteiger partial charge in [0.25, 0.3) is 0 Å². The van der Waals surface area contributed by atoms with Crippen molar-refractivity contribution in [3.8, 4) is 23.9 Å². The van der Waals surface area contributed by atoms with Gasteiger partial charge in [0.1, 0.15) is 0 Å². The molecular formula is C15H24BN5. The van der Waals surface area contributed by atoms with Crippen LogP contribution in [-0.4, -0.2) is 37.3 Å². The average molecular weight is 285 g/mol. The fourth-order valence-electron chi connectivity index (χ4n) is 2.42. The standard InChI is InChI=1S/C11H24N.C4BN4/c1-3-4-5-6-9-12(2)10-7-8-11-12;6-1-5(2-7,3-8)4-9/h3-11H2,1-2H3;/q+1;-1. The Morgan fingerprint density at radius 2 is 1.33 bits per heavy atom. The molecule has 1 aliphatic heterocycles. The second-order valence-corrected chi connectivity index (χ2v) is 5.94. The Balaban J connectivity index is 0.000000400. The first-order chi connectivity index (χ1) is 10.0. The summed E-state index contributed by atoms with van der Waals surface area (Å²) in [5.74, 6) is 5.38. The Morgan fingerprint density at radius 1 is 0.857 bits per heavy atom. The smallest absolute Gasteiger partial charge is 0.326 e. The first-order valence-corrected chi connectivity index (χ1v) is 7.65. The zero-order valence-corrected chi connectivity index (χ0v) is 13.2. The highest BCUT2D eigenvalue weighted by atomic mass is 15.3. The summed E-state index contributed by atoms with van der Waals surface area (Å²) in [6.07, 6.45) is 5.90. The number of hydrogen-bond acceptors (Lipinski definition) is 4. The largest absolute Gasteiger partial charge is 0.383 e. The van der Waals surface area contributed by atoms with Crippen LogP contribution in [0.15, 0.2) is 0 Å². The van der Waals surface area contributed by atoms with Crippen LogP contribution in [0.1, 0.15) is 45.4 Å². The van der Waals surface area contributed by atoms with Gasteiger partial charge in [-0.3, -0.25) is 0 Å². The molecule has 0 aromatic heterocycles. The zero-order valence-electron chi connectivity index (χ0n) is 13.2. The van der Waals surface area contributed by atoms with Crippen molar-refractivity contribution in [1.29, 1.82) is 21.0 Å². The molecule has 0 aromatic carbocycles. The number of rotatable bonds is 5. The van der Waals surface area contributed by atoms with Gasteiger partial charge < -0.3 is 4.48 Å². The molecule has 0 aromatic rings. The minimum absolute atomic E-state index is 1.34. The summed E-state index contributed by atoms with van der Waals surface area (Å²) in [4.78, 5) is 0. The third-order valence-corrected chi connectivity index (χ3v) is 3.97. The second-order valence-electron chi connectivity index (χ2n) is 5.94. The SMILES string of the molecule is CCCCCC[N+]1(C)CCCC1.N#C[B-](C#N)(C#N)C#N. The van der Waals surface area contributed by atoms with Crippen molar-refractivity contribution in [2.45, 2.75) is 45.4 Å². The molecule has 6 heteroatoms. The molecule has 0 atom stereocenters. The fraction of sp³-hybridized carbons (Fsp3) is 0.733. The number of likely N-dealkylation sites (tertiary alicyclic amines) is 1. The molecule has 1 saturated heterocycles. The van der Waals surface area contributed by atoms with Crippen LogP contribution in [0.2, 0.25) is 0 Å². The molecule has 0 radical (unpaired) electrons. The maximum Gasteiger partial charge on any atom is 0.383 e. The normalized spacial score (nSPS) is 15.5. The maximum absolute atomic E-state index is 8.09. The van der Waals surface area contributed by atoms with Crippen molar-refractivity contribution in [1.82, 2.24) is 0 Å². The van der Waals surface area contributed by atoms with E-state index in [9.17, 15) is 0 Å². The van der Waals surface area contributed by atoms with Crippen LogP contribution in [0.3, 0.4) is 0 Å². The molecule has 0 saturated carbocycles. The van der Waals surface area contributed by atoms with Crippen LogP contribution >= 0.6 is 0 Å². The van der Waals surface area contributed by atoms with Crippen molar-refractivity contribution in [2.24, 2.45) is 0 Å². The van der Waals surface area contributed by atoms with Gasteiger partial charge in [-0.15, -0.1) is 23.9 Å². The Morgan fingerprint density at radius 3 is 1.67 bits per heavy atom. The lowest BCUT2D eigenvalue weighted by molar-refractivity contribution is -0.897. The van der Waals surface area contributed by atoms with Crippen LogP contribution < -0.4 is 0 Å². The highest BCUT2D eigenvalue weighted by Crippen LogP contribution is 2.17. The predicted octanol–water partition coefficient (Wildman–Crippen LogP) is 2.49. The first kappa shape index (κ1) is 19.0. The Labute approximate surface area is 128 Å². The molecule has 5 nitrogen and oxygen atoms in total. The number of hydrogen-bond donors (Lipinski definition) is 0. The Hall–Kier alpha value is -2.02. The molecule has 1 aliphatic rings. The second kappa shape index (κ2) is 9.82. The van der Waals surface area contributed by atoms with Crippen molar-refractivity contribution >= 4 is 6.15 Å². The van der Waals surface area contributed by atoms with E-state index >= 15 is 0 Å². The van der Waals surface area contributed by atoms with Gasteiger partial charge >= 0.3 is 6.15 Å². The summed E-state index contributed by atoms with van der Waals surface area (Å²) in [7, 11) is 2.43. The molecule has 1 heterocycles. The van der Waals surface area contributed by atoms with E-state index < -0.39 is 6.15 Å². The summed E-state index contributed by atoms with van der Waals surface area (Å²) in [6, 6.07) is 0. The van der Waals surface area contributed by atoms with Crippen molar-refractivity contribution in [3.05, 3.63) is 0 Å². The quantitative estimate of drug-likeness (QED) is 0.440. The average Bonchev–Trinajstić information content (AvgIpc) is 2.95. The van der Waals surface area contributed by atoms with Gasteiger partial charge in [0.05, 0.1) is 26.7 Å². The van der Waals surface area contributed by atoms with E-state index in [1.807, 2.05) is 0 Å². The molecule has 0 unspecified atom stereocenters. The molecule has 1 fully saturated rings. The summed E-state index contributed by atoms with van der Waals surface area (Å²) >= 11 is 0. The number of quaternary nitrogens is 1. The molecule has 0 spiro atoms. The van der Waals surface area contributed by atoms with Crippen LogP contribution in [0.25, 0.3) is 0 Å². The van der Waals surface area contributed by atoms with E-state index in [1.165, 1.54) is 86.5 Å². The Bertz CT molecular complexity index is 407. The van der Waals surface area contributed by atoms with Gasteiger partial charge in [0, 0.05) is 12.8 Å². The molecule has 1 rings (SSSR count). The minimum atomic E-state index is -2.72. The lowest BCUT2D eigenvalue weighted by atomic mass is 9.30. The van der Waals surface area contributed by atoms with E-state index in [4.69, 9.17) is 21.0 Å². The van der Waals surface area contributed by atoms with Crippen molar-refractivity contribution < 1.29 is 4.48 Å². The number of unbranched alkanes of at least 4 members (excludes halogenated alkanes) is 3. The fourth-order valence-corrected chi connectivity index (χ4v) is 2.42. The van der Waals surface area contributed by atoms with E-state index in [-0.39, 0.29) is 0 Å². The molecule has 0 aliphatic carbocycles. The van der Waals surface area contributed by atoms with Gasteiger partial charge in [-0.1, -0.05) is 19.8 Å². The monoisotopic (exact) mass is 285 g/mol. The lowest BCUT2D eigenvalue weighted by Gasteiger charge is -2.29. The predicted molar refractivity (Wildman–Crippen MR) is 82.4 cm³/mol. The maximum atomic E-state index is 8.09. The van der Waals surface area contributed by atoms with Crippen molar-refractivity contribution in [2.75, 3.05) is 26.7 Å². The van der Waals surface area contributed by atoms with Crippen LogP contribution in [-0.2, 0) is 0 Å². The lowest BCUT2D eigenvalue weighted by Crippen LogP contribution is -2.41. The molecule has 0 bridgehead atoms. The molecule has 21 heavy (non-hydrogen) atoms. The minimum Gasteiger partial charge on any atom is -0.326 e. The van der Waals surface area contributed by atoms with Gasteiger partial charge in [-0.05, 0) is 12.8 Å². The van der Waals surface area contributed by atoms with Crippen LogP contribution in [0.4, 0.5) is 0 Å². The van der Waals surface area contributed by atoms with Gasteiger partial charge in [0.15, 0.2) is 0 Å². The van der Waals surface area contributed by atoms with Gasteiger partial charge in [0.2, 0.25) is 0 Å². The topological polar surface area (TPSA) is 95.2 Å². The zero-order chi connectivity index (χ0) is 16.2. The van der Waals surface area contributed by atoms with E-state index in [2.05, 4.69) is 14.0 Å². The molecular weight excluding hydrogens is 261 g/mol. The Kier molecular flexibility index (Phi) is 8.88. The summed E-state index contributed by atoms with van der Waals surface area (Å²) in [6.45, 7) is 6.59. The summed E-state index contributed by atoms with van der Waals surface area (Å²) < 4.78 is 1.36. The van der Waals surface area contributed by atoms with Crippen molar-refractivity contribution in [3.63, 3.8) is 0 Å².